The molecule has 102 valence electrons. The van der Waals surface area contributed by atoms with Crippen molar-refractivity contribution in [3.63, 3.8) is 0 Å². The van der Waals surface area contributed by atoms with E-state index >= 15 is 0 Å². The number of carboxylic acids is 1. The molecular weight excluding hydrogens is 244 g/mol. The average molecular weight is 262 g/mol. The molecule has 0 radical (unpaired) electrons. The van der Waals surface area contributed by atoms with E-state index in [1.165, 1.54) is 24.8 Å². The van der Waals surface area contributed by atoms with Crippen molar-refractivity contribution in [2.75, 3.05) is 13.1 Å². The third kappa shape index (κ3) is 3.53. The van der Waals surface area contributed by atoms with Gasteiger partial charge in [-0.3, -0.25) is 9.78 Å². The first kappa shape index (κ1) is 13.5. The molecule has 2 heterocycles. The summed E-state index contributed by atoms with van der Waals surface area (Å²) in [5.74, 6) is -1.13. The van der Waals surface area contributed by atoms with Gasteiger partial charge in [-0.2, -0.15) is 0 Å². The summed E-state index contributed by atoms with van der Waals surface area (Å²) in [6.45, 7) is 1.53. The Labute approximate surface area is 112 Å². The summed E-state index contributed by atoms with van der Waals surface area (Å²) in [6.07, 6.45) is 6.86. The lowest BCUT2D eigenvalue weighted by Crippen LogP contribution is -2.34. The molecule has 5 nitrogen and oxygen atoms in total. The molecule has 0 aliphatic carbocycles. The van der Waals surface area contributed by atoms with Crippen molar-refractivity contribution in [2.45, 2.75) is 32.1 Å². The number of pyridine rings is 1. The second kappa shape index (κ2) is 6.31. The molecule has 1 N–H and O–H groups in total. The van der Waals surface area contributed by atoms with Crippen LogP contribution in [0.1, 0.15) is 53.0 Å². The lowest BCUT2D eigenvalue weighted by Gasteiger charge is -2.24. The van der Waals surface area contributed by atoms with Crippen LogP contribution in [0, 0.1) is 0 Å². The zero-order chi connectivity index (χ0) is 13.7. The lowest BCUT2D eigenvalue weighted by atomic mass is 10.1. The van der Waals surface area contributed by atoms with E-state index < -0.39 is 5.97 Å². The summed E-state index contributed by atoms with van der Waals surface area (Å²) in [5.41, 5.74) is 0.426. The molecule has 1 amide bonds. The number of likely N-dealkylation sites (tertiary alicyclic amines) is 1. The Bertz CT molecular complexity index is 448. The van der Waals surface area contributed by atoms with E-state index in [4.69, 9.17) is 5.11 Å². The van der Waals surface area contributed by atoms with Gasteiger partial charge in [0.05, 0.1) is 5.56 Å². The standard InChI is InChI=1S/C14H18N2O3/c17-13(16-8-4-2-1-3-5-9-16)12-7-6-11(10-15-12)14(18)19/h6-7,10H,1-5,8-9H2,(H,18,19). The molecule has 1 fully saturated rings. The molecule has 19 heavy (non-hydrogen) atoms. The number of nitrogens with zero attached hydrogens (tertiary/aromatic N) is 2. The summed E-state index contributed by atoms with van der Waals surface area (Å²) in [4.78, 5) is 28.8. The van der Waals surface area contributed by atoms with Gasteiger partial charge in [-0.05, 0) is 25.0 Å². The molecule has 0 spiro atoms. The van der Waals surface area contributed by atoms with Crippen molar-refractivity contribution in [2.24, 2.45) is 0 Å². The Kier molecular flexibility index (Phi) is 4.49. The molecule has 0 unspecified atom stereocenters. The molecule has 1 saturated heterocycles. The van der Waals surface area contributed by atoms with E-state index in [0.717, 1.165) is 38.8 Å². The fourth-order valence-corrected chi connectivity index (χ4v) is 2.26. The van der Waals surface area contributed by atoms with Crippen LogP contribution in [0.4, 0.5) is 0 Å². The number of rotatable bonds is 2. The van der Waals surface area contributed by atoms with E-state index in [2.05, 4.69) is 4.98 Å². The molecule has 1 aliphatic rings. The summed E-state index contributed by atoms with van der Waals surface area (Å²) in [7, 11) is 0. The Morgan fingerprint density at radius 2 is 1.68 bits per heavy atom. The quantitative estimate of drug-likeness (QED) is 0.886. The highest BCUT2D eigenvalue weighted by molar-refractivity contribution is 5.93. The molecule has 1 aliphatic heterocycles. The Balaban J connectivity index is 2.06. The third-order valence-electron chi connectivity index (χ3n) is 3.37. The number of amides is 1. The largest absolute Gasteiger partial charge is 0.478 e. The maximum Gasteiger partial charge on any atom is 0.337 e. The Morgan fingerprint density at radius 3 is 2.21 bits per heavy atom. The molecule has 0 bridgehead atoms. The van der Waals surface area contributed by atoms with E-state index in [1.807, 2.05) is 4.90 Å². The van der Waals surface area contributed by atoms with Gasteiger partial charge in [-0.25, -0.2) is 4.79 Å². The summed E-state index contributed by atoms with van der Waals surface area (Å²) >= 11 is 0. The zero-order valence-corrected chi connectivity index (χ0v) is 10.8. The average Bonchev–Trinajstić information content (AvgIpc) is 2.38. The lowest BCUT2D eigenvalue weighted by molar-refractivity contribution is 0.0691. The highest BCUT2D eigenvalue weighted by atomic mass is 16.4. The van der Waals surface area contributed by atoms with E-state index in [9.17, 15) is 9.59 Å². The molecule has 0 atom stereocenters. The summed E-state index contributed by atoms with van der Waals surface area (Å²) in [5, 5.41) is 8.80. The maximum atomic E-state index is 12.3. The van der Waals surface area contributed by atoms with Gasteiger partial charge in [0.2, 0.25) is 0 Å². The van der Waals surface area contributed by atoms with Gasteiger partial charge in [0.1, 0.15) is 5.69 Å². The fourth-order valence-electron chi connectivity index (χ4n) is 2.26. The third-order valence-corrected chi connectivity index (χ3v) is 3.37. The molecular formula is C14H18N2O3. The molecule has 2 rings (SSSR count). The van der Waals surface area contributed by atoms with Crippen molar-refractivity contribution in [3.05, 3.63) is 29.6 Å². The van der Waals surface area contributed by atoms with Crippen LogP contribution in [0.2, 0.25) is 0 Å². The second-order valence-corrected chi connectivity index (χ2v) is 4.80. The second-order valence-electron chi connectivity index (χ2n) is 4.80. The highest BCUT2D eigenvalue weighted by Gasteiger charge is 2.18. The zero-order valence-electron chi connectivity index (χ0n) is 10.8. The predicted octanol–water partition coefficient (Wildman–Crippen LogP) is 2.19. The first-order valence-electron chi connectivity index (χ1n) is 6.67. The topological polar surface area (TPSA) is 70.5 Å². The van der Waals surface area contributed by atoms with Gasteiger partial charge in [0, 0.05) is 19.3 Å². The fraction of sp³-hybridized carbons (Fsp3) is 0.500. The van der Waals surface area contributed by atoms with Crippen molar-refractivity contribution in [1.29, 1.82) is 0 Å². The van der Waals surface area contributed by atoms with Crippen LogP contribution in [-0.2, 0) is 0 Å². The SMILES string of the molecule is O=C(O)c1ccc(C(=O)N2CCCCCCC2)nc1. The molecule has 1 aromatic heterocycles. The molecule has 5 heteroatoms. The minimum Gasteiger partial charge on any atom is -0.478 e. The van der Waals surface area contributed by atoms with Gasteiger partial charge in [-0.15, -0.1) is 0 Å². The van der Waals surface area contributed by atoms with Gasteiger partial charge >= 0.3 is 5.97 Å². The van der Waals surface area contributed by atoms with Crippen LogP contribution < -0.4 is 0 Å². The van der Waals surface area contributed by atoms with Crippen LogP contribution >= 0.6 is 0 Å². The van der Waals surface area contributed by atoms with Gasteiger partial charge in [0.25, 0.3) is 5.91 Å². The monoisotopic (exact) mass is 262 g/mol. The van der Waals surface area contributed by atoms with Crippen molar-refractivity contribution < 1.29 is 14.7 Å². The van der Waals surface area contributed by atoms with Crippen LogP contribution in [0.3, 0.4) is 0 Å². The van der Waals surface area contributed by atoms with Crippen LogP contribution in [0.5, 0.6) is 0 Å². The normalized spacial score (nSPS) is 16.5. The van der Waals surface area contributed by atoms with Gasteiger partial charge in [0.15, 0.2) is 0 Å². The number of hydrogen-bond donors (Lipinski definition) is 1. The number of carbonyl (C=O) groups is 2. The molecule has 0 saturated carbocycles. The first-order chi connectivity index (χ1) is 9.18. The number of hydrogen-bond acceptors (Lipinski definition) is 3. The van der Waals surface area contributed by atoms with Gasteiger partial charge in [-0.1, -0.05) is 19.3 Å². The Morgan fingerprint density at radius 1 is 1.05 bits per heavy atom. The van der Waals surface area contributed by atoms with Crippen LogP contribution in [0.25, 0.3) is 0 Å². The van der Waals surface area contributed by atoms with Crippen molar-refractivity contribution in [3.8, 4) is 0 Å². The maximum absolute atomic E-state index is 12.3. The number of carbonyl (C=O) groups excluding carboxylic acids is 1. The highest BCUT2D eigenvalue weighted by Crippen LogP contribution is 2.13. The van der Waals surface area contributed by atoms with E-state index in [1.54, 1.807) is 0 Å². The van der Waals surface area contributed by atoms with Crippen LogP contribution in [-0.4, -0.2) is 40.0 Å². The van der Waals surface area contributed by atoms with Crippen molar-refractivity contribution in [1.82, 2.24) is 9.88 Å². The smallest absolute Gasteiger partial charge is 0.337 e. The van der Waals surface area contributed by atoms with E-state index in [0.29, 0.717) is 5.69 Å². The molecule has 0 aromatic carbocycles. The number of aromatic carboxylic acids is 1. The summed E-state index contributed by atoms with van der Waals surface area (Å²) in [6, 6.07) is 2.91. The van der Waals surface area contributed by atoms with Crippen molar-refractivity contribution >= 4 is 11.9 Å². The Hall–Kier alpha value is -1.91. The summed E-state index contributed by atoms with van der Waals surface area (Å²) < 4.78 is 0. The van der Waals surface area contributed by atoms with Crippen LogP contribution in [0.15, 0.2) is 18.3 Å². The first-order valence-corrected chi connectivity index (χ1v) is 6.67. The molecule has 1 aromatic rings. The van der Waals surface area contributed by atoms with E-state index in [-0.39, 0.29) is 11.5 Å². The van der Waals surface area contributed by atoms with Gasteiger partial charge < -0.3 is 10.0 Å². The minimum atomic E-state index is -1.03. The number of carboxylic acid groups (broad SMARTS) is 1. The number of aromatic nitrogens is 1. The minimum absolute atomic E-state index is 0.0983. The predicted molar refractivity (Wildman–Crippen MR) is 70.2 cm³/mol.